The molecule has 0 radical (unpaired) electrons. The zero-order valence-electron chi connectivity index (χ0n) is 9.39. The highest BCUT2D eigenvalue weighted by Crippen LogP contribution is 2.28. The molecule has 0 unspecified atom stereocenters. The predicted molar refractivity (Wildman–Crippen MR) is 58.3 cm³/mol. The minimum absolute atomic E-state index is 0.690. The first-order chi connectivity index (χ1) is 6.69. The number of benzene rings is 1. The molecule has 0 heterocycles. The zero-order chi connectivity index (χ0) is 10.6. The number of rotatable bonds is 4. The van der Waals surface area contributed by atoms with Gasteiger partial charge in [-0.15, -0.1) is 0 Å². The number of aryl methyl sites for hydroxylation is 2. The van der Waals surface area contributed by atoms with Gasteiger partial charge in [-0.05, 0) is 44.9 Å². The Labute approximate surface area is 85.8 Å². The molecule has 2 heteroatoms. The Morgan fingerprint density at radius 3 is 1.64 bits per heavy atom. The van der Waals surface area contributed by atoms with E-state index < -0.39 is 0 Å². The molecular formula is C12H18O2. The highest BCUT2D eigenvalue weighted by atomic mass is 16.5. The second-order valence-electron chi connectivity index (χ2n) is 3.25. The smallest absolute Gasteiger partial charge is 0.125 e. The van der Waals surface area contributed by atoms with Crippen molar-refractivity contribution >= 4 is 0 Å². The van der Waals surface area contributed by atoms with E-state index in [-0.39, 0.29) is 0 Å². The maximum atomic E-state index is 5.50. The maximum absolute atomic E-state index is 5.50. The van der Waals surface area contributed by atoms with Crippen LogP contribution in [0.2, 0.25) is 0 Å². The molecule has 0 saturated heterocycles. The SMILES string of the molecule is CCOc1cc(OCC)c(C)cc1C. The molecule has 0 aliphatic heterocycles. The first-order valence-electron chi connectivity index (χ1n) is 5.05. The van der Waals surface area contributed by atoms with E-state index >= 15 is 0 Å². The molecule has 0 aromatic heterocycles. The van der Waals surface area contributed by atoms with Crippen LogP contribution in [0.15, 0.2) is 12.1 Å². The summed E-state index contributed by atoms with van der Waals surface area (Å²) in [6, 6.07) is 4.06. The fraction of sp³-hybridized carbons (Fsp3) is 0.500. The van der Waals surface area contributed by atoms with Crippen LogP contribution < -0.4 is 9.47 Å². The van der Waals surface area contributed by atoms with E-state index in [0.717, 1.165) is 22.6 Å². The number of hydrogen-bond donors (Lipinski definition) is 0. The summed E-state index contributed by atoms with van der Waals surface area (Å²) in [5.74, 6) is 1.84. The van der Waals surface area contributed by atoms with E-state index in [1.54, 1.807) is 0 Å². The molecule has 0 fully saturated rings. The normalized spacial score (nSPS) is 10.0. The van der Waals surface area contributed by atoms with Gasteiger partial charge in [0.15, 0.2) is 0 Å². The monoisotopic (exact) mass is 194 g/mol. The van der Waals surface area contributed by atoms with Crippen LogP contribution in [0.3, 0.4) is 0 Å². The molecule has 2 nitrogen and oxygen atoms in total. The Kier molecular flexibility index (Phi) is 3.81. The van der Waals surface area contributed by atoms with Gasteiger partial charge in [0.25, 0.3) is 0 Å². The molecule has 1 rings (SSSR count). The Hall–Kier alpha value is -1.18. The molecule has 0 amide bonds. The Morgan fingerprint density at radius 2 is 1.29 bits per heavy atom. The summed E-state index contributed by atoms with van der Waals surface area (Å²) in [4.78, 5) is 0. The average molecular weight is 194 g/mol. The maximum Gasteiger partial charge on any atom is 0.125 e. The fourth-order valence-corrected chi connectivity index (χ4v) is 1.44. The van der Waals surface area contributed by atoms with Crippen molar-refractivity contribution in [2.45, 2.75) is 27.7 Å². The topological polar surface area (TPSA) is 18.5 Å². The van der Waals surface area contributed by atoms with Crippen molar-refractivity contribution in [3.8, 4) is 11.5 Å². The molecule has 0 bridgehead atoms. The molecule has 0 aliphatic rings. The minimum Gasteiger partial charge on any atom is -0.493 e. The van der Waals surface area contributed by atoms with Crippen molar-refractivity contribution < 1.29 is 9.47 Å². The van der Waals surface area contributed by atoms with Crippen molar-refractivity contribution in [1.29, 1.82) is 0 Å². The third kappa shape index (κ3) is 2.41. The quantitative estimate of drug-likeness (QED) is 0.733. The molecule has 0 spiro atoms. The van der Waals surface area contributed by atoms with Gasteiger partial charge in [0.2, 0.25) is 0 Å². The largest absolute Gasteiger partial charge is 0.493 e. The van der Waals surface area contributed by atoms with Crippen molar-refractivity contribution in [2.24, 2.45) is 0 Å². The molecule has 0 aliphatic carbocycles. The van der Waals surface area contributed by atoms with Gasteiger partial charge in [-0.2, -0.15) is 0 Å². The average Bonchev–Trinajstić information content (AvgIpc) is 2.14. The summed E-state index contributed by atoms with van der Waals surface area (Å²) in [5, 5.41) is 0. The van der Waals surface area contributed by atoms with Crippen molar-refractivity contribution in [1.82, 2.24) is 0 Å². The van der Waals surface area contributed by atoms with Crippen LogP contribution in [0, 0.1) is 13.8 Å². The molecule has 0 N–H and O–H groups in total. The van der Waals surface area contributed by atoms with E-state index in [2.05, 4.69) is 6.07 Å². The van der Waals surface area contributed by atoms with E-state index in [0.29, 0.717) is 13.2 Å². The van der Waals surface area contributed by atoms with E-state index in [1.165, 1.54) is 0 Å². The van der Waals surface area contributed by atoms with Gasteiger partial charge in [0.05, 0.1) is 13.2 Å². The van der Waals surface area contributed by atoms with Gasteiger partial charge in [0.1, 0.15) is 11.5 Å². The lowest BCUT2D eigenvalue weighted by Crippen LogP contribution is -1.98. The lowest BCUT2D eigenvalue weighted by molar-refractivity contribution is 0.320. The first kappa shape index (κ1) is 10.9. The molecule has 0 atom stereocenters. The summed E-state index contributed by atoms with van der Waals surface area (Å²) in [6.45, 7) is 9.45. The van der Waals surface area contributed by atoms with Gasteiger partial charge < -0.3 is 9.47 Å². The zero-order valence-corrected chi connectivity index (χ0v) is 9.39. The molecule has 0 saturated carbocycles. The van der Waals surface area contributed by atoms with Crippen LogP contribution in [0.25, 0.3) is 0 Å². The molecule has 14 heavy (non-hydrogen) atoms. The summed E-state index contributed by atoms with van der Waals surface area (Å²) in [7, 11) is 0. The molecule has 78 valence electrons. The first-order valence-corrected chi connectivity index (χ1v) is 5.05. The van der Waals surface area contributed by atoms with E-state index in [9.17, 15) is 0 Å². The van der Waals surface area contributed by atoms with Crippen molar-refractivity contribution in [3.05, 3.63) is 23.3 Å². The van der Waals surface area contributed by atoms with Crippen LogP contribution in [0.4, 0.5) is 0 Å². The van der Waals surface area contributed by atoms with Crippen molar-refractivity contribution in [2.75, 3.05) is 13.2 Å². The van der Waals surface area contributed by atoms with Gasteiger partial charge in [-0.25, -0.2) is 0 Å². The van der Waals surface area contributed by atoms with Gasteiger partial charge in [-0.1, -0.05) is 0 Å². The molecular weight excluding hydrogens is 176 g/mol. The van der Waals surface area contributed by atoms with Gasteiger partial charge >= 0.3 is 0 Å². The Morgan fingerprint density at radius 1 is 0.857 bits per heavy atom. The van der Waals surface area contributed by atoms with Crippen LogP contribution in [0.5, 0.6) is 11.5 Å². The fourth-order valence-electron chi connectivity index (χ4n) is 1.44. The predicted octanol–water partition coefficient (Wildman–Crippen LogP) is 3.10. The lowest BCUT2D eigenvalue weighted by Gasteiger charge is -2.12. The third-order valence-electron chi connectivity index (χ3n) is 2.07. The third-order valence-corrected chi connectivity index (χ3v) is 2.07. The van der Waals surface area contributed by atoms with E-state index in [4.69, 9.17) is 9.47 Å². The van der Waals surface area contributed by atoms with Crippen LogP contribution in [-0.4, -0.2) is 13.2 Å². The van der Waals surface area contributed by atoms with Crippen LogP contribution >= 0.6 is 0 Å². The molecule has 1 aromatic carbocycles. The molecule has 1 aromatic rings. The van der Waals surface area contributed by atoms with Gasteiger partial charge in [0, 0.05) is 6.07 Å². The Bertz CT molecular complexity index is 278. The summed E-state index contributed by atoms with van der Waals surface area (Å²) in [6.07, 6.45) is 0. The minimum atomic E-state index is 0.690. The number of hydrogen-bond acceptors (Lipinski definition) is 2. The van der Waals surface area contributed by atoms with E-state index in [1.807, 2.05) is 33.8 Å². The second kappa shape index (κ2) is 4.89. The lowest BCUT2D eigenvalue weighted by atomic mass is 10.1. The van der Waals surface area contributed by atoms with Crippen LogP contribution in [0.1, 0.15) is 25.0 Å². The standard InChI is InChI=1S/C12H18O2/c1-5-13-11-8-12(14-6-2)10(4)7-9(11)3/h7-8H,5-6H2,1-4H3. The Balaban J connectivity index is 3.00. The summed E-state index contributed by atoms with van der Waals surface area (Å²) in [5.41, 5.74) is 2.32. The second-order valence-corrected chi connectivity index (χ2v) is 3.25. The highest BCUT2D eigenvalue weighted by Gasteiger charge is 2.05. The summed E-state index contributed by atoms with van der Waals surface area (Å²) < 4.78 is 11.0. The van der Waals surface area contributed by atoms with Crippen molar-refractivity contribution in [3.63, 3.8) is 0 Å². The highest BCUT2D eigenvalue weighted by molar-refractivity contribution is 5.45. The number of ether oxygens (including phenoxy) is 2. The van der Waals surface area contributed by atoms with Crippen LogP contribution in [-0.2, 0) is 0 Å². The van der Waals surface area contributed by atoms with Gasteiger partial charge in [-0.3, -0.25) is 0 Å². The summed E-state index contributed by atoms with van der Waals surface area (Å²) >= 11 is 0.